The Kier molecular flexibility index (Phi) is 6.83. The third-order valence-electron chi connectivity index (χ3n) is 11.1. The Morgan fingerprint density at radius 3 is 1.68 bits per heavy atom. The van der Waals surface area contributed by atoms with Gasteiger partial charge in [-0.1, -0.05) is 176 Å². The molecule has 11 rings (SSSR count). The van der Waals surface area contributed by atoms with Gasteiger partial charge in [0.1, 0.15) is 0 Å². The van der Waals surface area contributed by atoms with Gasteiger partial charge in [-0.05, 0) is 106 Å². The summed E-state index contributed by atoms with van der Waals surface area (Å²) in [5.41, 5.74) is 10.0. The molecular weight excluding hydrogens is 657 g/mol. The fourth-order valence-electron chi connectivity index (χ4n) is 8.56. The molecule has 11 aromatic rings. The Bertz CT molecular complexity index is 3210. The highest BCUT2D eigenvalue weighted by molar-refractivity contribution is 7.26. The normalized spacial score (nSPS) is 11.8. The molecule has 0 amide bonds. The minimum Gasteiger partial charge on any atom is -0.135 e. The predicted molar refractivity (Wildman–Crippen MR) is 231 cm³/mol. The maximum atomic E-state index is 2.46. The standard InChI is InChI=1S/C52H32S/c1-2-13-37-31-38(28-25-33(37)11-1)34-23-26-36(27-24-34)50-44-17-5-6-18-45(44)51(43-20-9-14-35-12-3-4-15-40(35)43)46-30-29-39(32-48(46)50)41-19-10-21-47-42-16-7-8-22-49(42)53-52(41)47/h1-32H. The zero-order valence-electron chi connectivity index (χ0n) is 28.9. The molecule has 0 bridgehead atoms. The van der Waals surface area contributed by atoms with E-state index in [2.05, 4.69) is 194 Å². The summed E-state index contributed by atoms with van der Waals surface area (Å²) in [4.78, 5) is 0. The van der Waals surface area contributed by atoms with Gasteiger partial charge in [0, 0.05) is 20.2 Å². The van der Waals surface area contributed by atoms with Crippen molar-refractivity contribution in [3.8, 4) is 44.5 Å². The van der Waals surface area contributed by atoms with Crippen LogP contribution in [0.15, 0.2) is 194 Å². The van der Waals surface area contributed by atoms with E-state index < -0.39 is 0 Å². The summed E-state index contributed by atoms with van der Waals surface area (Å²) in [7, 11) is 0. The number of hydrogen-bond acceptors (Lipinski definition) is 1. The summed E-state index contributed by atoms with van der Waals surface area (Å²) in [6.07, 6.45) is 0. The lowest BCUT2D eigenvalue weighted by Gasteiger charge is -2.20. The van der Waals surface area contributed by atoms with E-state index in [4.69, 9.17) is 0 Å². The first-order chi connectivity index (χ1) is 26.3. The number of rotatable bonds is 4. The molecule has 0 unspecified atom stereocenters. The van der Waals surface area contributed by atoms with Crippen LogP contribution < -0.4 is 0 Å². The maximum absolute atomic E-state index is 2.46. The van der Waals surface area contributed by atoms with Gasteiger partial charge in [0.2, 0.25) is 0 Å². The van der Waals surface area contributed by atoms with E-state index in [1.54, 1.807) is 0 Å². The van der Waals surface area contributed by atoms with Gasteiger partial charge in [-0.15, -0.1) is 11.3 Å². The maximum Gasteiger partial charge on any atom is 0.0433 e. The Morgan fingerprint density at radius 1 is 0.264 bits per heavy atom. The fraction of sp³-hybridized carbons (Fsp3) is 0. The molecule has 53 heavy (non-hydrogen) atoms. The van der Waals surface area contributed by atoms with Crippen LogP contribution in [-0.2, 0) is 0 Å². The molecule has 10 aromatic carbocycles. The van der Waals surface area contributed by atoms with Gasteiger partial charge in [0.05, 0.1) is 0 Å². The lowest BCUT2D eigenvalue weighted by Crippen LogP contribution is -1.92. The molecule has 0 aliphatic rings. The van der Waals surface area contributed by atoms with Crippen molar-refractivity contribution >= 4 is 74.6 Å². The van der Waals surface area contributed by atoms with Gasteiger partial charge in [-0.3, -0.25) is 0 Å². The van der Waals surface area contributed by atoms with E-state index in [9.17, 15) is 0 Å². The highest BCUT2D eigenvalue weighted by atomic mass is 32.1. The van der Waals surface area contributed by atoms with Crippen LogP contribution in [0.25, 0.3) is 108 Å². The Labute approximate surface area is 311 Å². The third kappa shape index (κ3) is 4.82. The van der Waals surface area contributed by atoms with Gasteiger partial charge in [-0.2, -0.15) is 0 Å². The first kappa shape index (κ1) is 30.1. The van der Waals surface area contributed by atoms with Crippen LogP contribution in [0.3, 0.4) is 0 Å². The van der Waals surface area contributed by atoms with Crippen LogP contribution in [0.5, 0.6) is 0 Å². The molecule has 0 saturated carbocycles. The van der Waals surface area contributed by atoms with Gasteiger partial charge >= 0.3 is 0 Å². The molecule has 1 aromatic heterocycles. The van der Waals surface area contributed by atoms with Crippen LogP contribution in [0.1, 0.15) is 0 Å². The molecule has 1 heterocycles. The summed E-state index contributed by atoms with van der Waals surface area (Å²) in [6.45, 7) is 0. The van der Waals surface area contributed by atoms with Crippen molar-refractivity contribution in [1.29, 1.82) is 0 Å². The van der Waals surface area contributed by atoms with Gasteiger partial charge < -0.3 is 0 Å². The molecule has 0 radical (unpaired) electrons. The SMILES string of the molecule is c1ccc2cc(-c3ccc(-c4c5ccccc5c(-c5cccc6ccccc56)c5ccc(-c6cccc7c6sc6ccccc67)cc45)cc3)ccc2c1. The summed E-state index contributed by atoms with van der Waals surface area (Å²) >= 11 is 1.89. The van der Waals surface area contributed by atoms with Crippen LogP contribution in [0.2, 0.25) is 0 Å². The first-order valence-corrected chi connectivity index (χ1v) is 19.1. The average molecular weight is 689 g/mol. The summed E-state index contributed by atoms with van der Waals surface area (Å²) < 4.78 is 2.66. The van der Waals surface area contributed by atoms with Crippen molar-refractivity contribution in [2.24, 2.45) is 0 Å². The topological polar surface area (TPSA) is 0 Å². The van der Waals surface area contributed by atoms with Crippen LogP contribution in [0, 0.1) is 0 Å². The highest BCUT2D eigenvalue weighted by Gasteiger charge is 2.20. The molecular formula is C52H32S. The number of hydrogen-bond donors (Lipinski definition) is 0. The third-order valence-corrected chi connectivity index (χ3v) is 12.3. The van der Waals surface area contributed by atoms with Gasteiger partial charge in [-0.25, -0.2) is 0 Å². The highest BCUT2D eigenvalue weighted by Crippen LogP contribution is 2.48. The molecule has 0 spiro atoms. The smallest absolute Gasteiger partial charge is 0.0433 e. The lowest BCUT2D eigenvalue weighted by molar-refractivity contribution is 1.63. The van der Waals surface area contributed by atoms with E-state index in [-0.39, 0.29) is 0 Å². The number of benzene rings is 10. The lowest BCUT2D eigenvalue weighted by atomic mass is 9.83. The second-order valence-electron chi connectivity index (χ2n) is 14.0. The molecule has 0 nitrogen and oxygen atoms in total. The van der Waals surface area contributed by atoms with E-state index >= 15 is 0 Å². The van der Waals surface area contributed by atoms with Crippen molar-refractivity contribution in [3.05, 3.63) is 194 Å². The summed E-state index contributed by atoms with van der Waals surface area (Å²) in [5, 5.41) is 12.8. The average Bonchev–Trinajstić information content (AvgIpc) is 3.61. The van der Waals surface area contributed by atoms with Crippen molar-refractivity contribution in [3.63, 3.8) is 0 Å². The number of fused-ring (bicyclic) bond motifs is 7. The van der Waals surface area contributed by atoms with Gasteiger partial charge in [0.25, 0.3) is 0 Å². The fourth-order valence-corrected chi connectivity index (χ4v) is 9.80. The van der Waals surface area contributed by atoms with Crippen molar-refractivity contribution in [2.45, 2.75) is 0 Å². The molecule has 0 fully saturated rings. The minimum atomic E-state index is 1.22. The minimum absolute atomic E-state index is 1.22. The van der Waals surface area contributed by atoms with Crippen molar-refractivity contribution < 1.29 is 0 Å². The van der Waals surface area contributed by atoms with Gasteiger partial charge in [0.15, 0.2) is 0 Å². The molecule has 0 aliphatic heterocycles. The molecule has 0 saturated heterocycles. The Morgan fingerprint density at radius 2 is 0.830 bits per heavy atom. The first-order valence-electron chi connectivity index (χ1n) is 18.3. The molecule has 0 atom stereocenters. The monoisotopic (exact) mass is 688 g/mol. The molecule has 0 N–H and O–H groups in total. The van der Waals surface area contributed by atoms with Crippen LogP contribution in [0.4, 0.5) is 0 Å². The summed E-state index contributed by atoms with van der Waals surface area (Å²) in [6, 6.07) is 71.8. The predicted octanol–water partition coefficient (Wildman–Crippen LogP) is 15.3. The quantitative estimate of drug-likeness (QED) is 0.162. The Hall–Kier alpha value is -6.54. The van der Waals surface area contributed by atoms with E-state index in [0.29, 0.717) is 0 Å². The summed E-state index contributed by atoms with van der Waals surface area (Å²) in [5.74, 6) is 0. The number of thiophene rings is 1. The van der Waals surface area contributed by atoms with E-state index in [0.717, 1.165) is 0 Å². The molecule has 246 valence electrons. The van der Waals surface area contributed by atoms with Crippen LogP contribution >= 0.6 is 11.3 Å². The van der Waals surface area contributed by atoms with Crippen molar-refractivity contribution in [2.75, 3.05) is 0 Å². The zero-order valence-corrected chi connectivity index (χ0v) is 29.7. The Balaban J connectivity index is 1.19. The van der Waals surface area contributed by atoms with E-state index in [1.807, 2.05) is 11.3 Å². The molecule has 1 heteroatoms. The zero-order chi connectivity index (χ0) is 34.9. The molecule has 0 aliphatic carbocycles. The van der Waals surface area contributed by atoms with E-state index in [1.165, 1.54) is 108 Å². The van der Waals surface area contributed by atoms with Crippen molar-refractivity contribution in [1.82, 2.24) is 0 Å². The second kappa shape index (κ2) is 12.0. The second-order valence-corrected chi connectivity index (χ2v) is 15.1. The van der Waals surface area contributed by atoms with Crippen LogP contribution in [-0.4, -0.2) is 0 Å². The largest absolute Gasteiger partial charge is 0.135 e.